The van der Waals surface area contributed by atoms with Gasteiger partial charge in [0.15, 0.2) is 0 Å². The third-order valence-corrected chi connectivity index (χ3v) is 11.9. The molecule has 0 aromatic heterocycles. The molecule has 8 unspecified atom stereocenters. The number of nitrogens with one attached hydrogen (secondary N) is 1. The first-order chi connectivity index (χ1) is 18.6. The summed E-state index contributed by atoms with van der Waals surface area (Å²) < 4.78 is 5.87. The summed E-state index contributed by atoms with van der Waals surface area (Å²) in [4.78, 5) is 14.4. The number of ether oxygens (including phenoxy) is 1. The molecule has 0 saturated heterocycles. The van der Waals surface area contributed by atoms with Crippen LogP contribution in [0.3, 0.4) is 0 Å². The first-order valence-electron chi connectivity index (χ1n) is 16.2. The van der Waals surface area contributed by atoms with Gasteiger partial charge in [0.2, 0.25) is 0 Å². The summed E-state index contributed by atoms with van der Waals surface area (Å²) in [5.74, 6) is 4.76. The van der Waals surface area contributed by atoms with Gasteiger partial charge in [-0.3, -0.25) is 0 Å². The number of hydrogen-bond acceptors (Lipinski definition) is 4. The van der Waals surface area contributed by atoms with Gasteiger partial charge < -0.3 is 20.1 Å². The number of likely N-dealkylation sites (N-methyl/N-ethyl adjacent to an activating group) is 1. The Hall–Kier alpha value is -1.33. The molecule has 4 aliphatic carbocycles. The van der Waals surface area contributed by atoms with Crippen molar-refractivity contribution in [3.63, 3.8) is 0 Å². The number of amides is 1. The maximum Gasteiger partial charge on any atom is 0.407 e. The van der Waals surface area contributed by atoms with Gasteiger partial charge >= 0.3 is 6.09 Å². The van der Waals surface area contributed by atoms with Crippen LogP contribution in [0, 0.1) is 46.3 Å². The first-order valence-corrected chi connectivity index (χ1v) is 16.2. The smallest absolute Gasteiger partial charge is 0.407 e. The van der Waals surface area contributed by atoms with Crippen molar-refractivity contribution in [2.75, 3.05) is 33.3 Å². The van der Waals surface area contributed by atoms with Gasteiger partial charge in [-0.1, -0.05) is 58.4 Å². The van der Waals surface area contributed by atoms with Crippen molar-refractivity contribution in [1.29, 1.82) is 0 Å². The zero-order chi connectivity index (χ0) is 28.2. The monoisotopic (exact) mass is 542 g/mol. The van der Waals surface area contributed by atoms with E-state index < -0.39 is 0 Å². The zero-order valence-corrected chi connectivity index (χ0v) is 25.9. The van der Waals surface area contributed by atoms with E-state index in [1.54, 1.807) is 5.57 Å². The molecule has 3 saturated carbocycles. The number of nitrogens with zero attached hydrogens (tertiary/aromatic N) is 1. The third-order valence-electron chi connectivity index (χ3n) is 11.9. The Morgan fingerprint density at radius 1 is 1.18 bits per heavy atom. The normalized spacial score (nSPS) is 36.8. The van der Waals surface area contributed by atoms with Crippen molar-refractivity contribution < 1.29 is 14.6 Å². The van der Waals surface area contributed by atoms with E-state index in [-0.39, 0.29) is 24.2 Å². The van der Waals surface area contributed by atoms with Crippen molar-refractivity contribution in [3.05, 3.63) is 23.8 Å². The van der Waals surface area contributed by atoms with Crippen molar-refractivity contribution in [3.8, 4) is 0 Å². The second kappa shape index (κ2) is 13.1. The van der Waals surface area contributed by atoms with Crippen molar-refractivity contribution in [1.82, 2.24) is 10.2 Å². The Labute approximate surface area is 239 Å². The van der Waals surface area contributed by atoms with Gasteiger partial charge in [-0.15, -0.1) is 0 Å². The van der Waals surface area contributed by atoms with E-state index in [0.717, 1.165) is 54.8 Å². The van der Waals surface area contributed by atoms with Crippen LogP contribution < -0.4 is 5.32 Å². The molecular weight excluding hydrogens is 484 g/mol. The molecule has 2 N–H and O–H groups in total. The van der Waals surface area contributed by atoms with E-state index in [1.165, 1.54) is 44.9 Å². The molecule has 4 aliphatic rings. The van der Waals surface area contributed by atoms with Gasteiger partial charge in [-0.2, -0.15) is 0 Å². The largest absolute Gasteiger partial charge is 0.446 e. The Morgan fingerprint density at radius 3 is 2.69 bits per heavy atom. The molecule has 5 heteroatoms. The minimum absolute atomic E-state index is 0.00895. The molecule has 0 bridgehead atoms. The molecule has 39 heavy (non-hydrogen) atoms. The molecule has 0 spiro atoms. The van der Waals surface area contributed by atoms with E-state index in [1.807, 2.05) is 11.9 Å². The van der Waals surface area contributed by atoms with Crippen LogP contribution >= 0.6 is 0 Å². The quantitative estimate of drug-likeness (QED) is 0.271. The lowest BCUT2D eigenvalue weighted by Crippen LogP contribution is -2.50. The van der Waals surface area contributed by atoms with Gasteiger partial charge in [0, 0.05) is 26.1 Å². The summed E-state index contributed by atoms with van der Waals surface area (Å²) in [6, 6.07) is 0. The van der Waals surface area contributed by atoms with Crippen LogP contribution in [-0.4, -0.2) is 55.5 Å². The van der Waals surface area contributed by atoms with Gasteiger partial charge in [0.25, 0.3) is 0 Å². The zero-order valence-electron chi connectivity index (χ0n) is 25.9. The first kappa shape index (κ1) is 30.6. The summed E-state index contributed by atoms with van der Waals surface area (Å²) in [5, 5.41) is 11.9. The van der Waals surface area contributed by atoms with Crippen LogP contribution in [0.4, 0.5) is 4.79 Å². The average molecular weight is 543 g/mol. The van der Waals surface area contributed by atoms with E-state index in [9.17, 15) is 4.79 Å². The topological polar surface area (TPSA) is 61.8 Å². The number of carbonyl (C=O) groups excluding carboxylic acids is 1. The molecule has 0 heterocycles. The number of carbonyl (C=O) groups is 1. The van der Waals surface area contributed by atoms with Crippen molar-refractivity contribution >= 4 is 6.09 Å². The molecule has 8 atom stereocenters. The minimum Gasteiger partial charge on any atom is -0.446 e. The Balaban J connectivity index is 1.33. The molecule has 3 fully saturated rings. The predicted molar refractivity (Wildman–Crippen MR) is 160 cm³/mol. The Kier molecular flexibility index (Phi) is 10.3. The second-order valence-electron chi connectivity index (χ2n) is 14.3. The predicted octanol–water partition coefficient (Wildman–Crippen LogP) is 7.21. The fourth-order valence-corrected chi connectivity index (χ4v) is 9.30. The molecular formula is C34H58N2O3. The average Bonchev–Trinajstić information content (AvgIpc) is 3.23. The van der Waals surface area contributed by atoms with Crippen LogP contribution in [0.25, 0.3) is 0 Å². The maximum absolute atomic E-state index is 12.4. The van der Waals surface area contributed by atoms with Crippen LogP contribution in [0.2, 0.25) is 0 Å². The number of aliphatic hydroxyl groups excluding tert-OH is 1. The highest BCUT2D eigenvalue weighted by Crippen LogP contribution is 2.66. The van der Waals surface area contributed by atoms with Gasteiger partial charge in [0.05, 0.1) is 6.61 Å². The molecule has 0 radical (unpaired) electrons. The molecule has 0 aromatic carbocycles. The highest BCUT2D eigenvalue weighted by molar-refractivity contribution is 5.67. The summed E-state index contributed by atoms with van der Waals surface area (Å²) in [6.07, 6.45) is 19.7. The molecule has 1 amide bonds. The number of aliphatic hydroxyl groups is 1. The lowest BCUT2D eigenvalue weighted by Gasteiger charge is -2.58. The van der Waals surface area contributed by atoms with E-state index in [2.05, 4.69) is 58.2 Å². The van der Waals surface area contributed by atoms with Crippen LogP contribution in [-0.2, 0) is 4.74 Å². The SMILES string of the molecule is CCC(/C=C/CC1CCC2C3CC=C4CC(OC(=O)NCCN(C)CCO)CCC4(C)C3CCC12C)C(C)C. The maximum atomic E-state index is 12.4. The molecule has 0 aliphatic heterocycles. The Bertz CT molecular complexity index is 884. The molecule has 0 aromatic rings. The number of allylic oxidation sites excluding steroid dienone is 3. The number of fused-ring (bicyclic) bond motifs is 5. The number of alkyl carbamates (subject to hydrolysis) is 1. The number of rotatable bonds is 11. The van der Waals surface area contributed by atoms with Gasteiger partial charge in [-0.25, -0.2) is 4.79 Å². The molecule has 222 valence electrons. The van der Waals surface area contributed by atoms with Crippen molar-refractivity contribution in [2.24, 2.45) is 46.3 Å². The van der Waals surface area contributed by atoms with Gasteiger partial charge in [-0.05, 0) is 111 Å². The highest BCUT2D eigenvalue weighted by atomic mass is 16.6. The summed E-state index contributed by atoms with van der Waals surface area (Å²) in [6.45, 7) is 14.2. The molecule has 4 rings (SSSR count). The molecule has 5 nitrogen and oxygen atoms in total. The number of hydrogen-bond donors (Lipinski definition) is 2. The van der Waals surface area contributed by atoms with E-state index in [0.29, 0.717) is 25.0 Å². The van der Waals surface area contributed by atoms with Gasteiger partial charge in [0.1, 0.15) is 6.10 Å². The third kappa shape index (κ3) is 6.61. The van der Waals surface area contributed by atoms with Crippen molar-refractivity contribution in [2.45, 2.75) is 105 Å². The Morgan fingerprint density at radius 2 is 1.97 bits per heavy atom. The fraction of sp³-hybridized carbons (Fsp3) is 0.853. The highest BCUT2D eigenvalue weighted by Gasteiger charge is 2.58. The minimum atomic E-state index is -0.298. The second-order valence-corrected chi connectivity index (χ2v) is 14.3. The summed E-state index contributed by atoms with van der Waals surface area (Å²) in [7, 11) is 1.94. The van der Waals surface area contributed by atoms with E-state index in [4.69, 9.17) is 9.84 Å². The van der Waals surface area contributed by atoms with E-state index >= 15 is 0 Å². The summed E-state index contributed by atoms with van der Waals surface area (Å²) in [5.41, 5.74) is 2.34. The summed E-state index contributed by atoms with van der Waals surface area (Å²) >= 11 is 0. The lowest BCUT2D eigenvalue weighted by atomic mass is 9.47. The lowest BCUT2D eigenvalue weighted by molar-refractivity contribution is -0.0503. The van der Waals surface area contributed by atoms with Crippen LogP contribution in [0.5, 0.6) is 0 Å². The fourth-order valence-electron chi connectivity index (χ4n) is 9.30. The van der Waals surface area contributed by atoms with Crippen LogP contribution in [0.15, 0.2) is 23.8 Å². The van der Waals surface area contributed by atoms with Crippen LogP contribution in [0.1, 0.15) is 98.8 Å². The standard InChI is InChI=1S/C34H58N2O3/c1-7-25(24(2)3)9-8-10-26-12-14-30-29-13-11-27-23-28(39-32(38)35-19-20-36(6)21-22-37)15-17-34(27,5)31(29)16-18-33(26,30)4/h8-9,11,24-26,28-31,37H,7,10,12-23H2,1-6H3,(H,35,38)/b9-8+.